The molecule has 0 radical (unpaired) electrons. The minimum absolute atomic E-state index is 0.245. The molecule has 1 aliphatic rings. The first-order valence-electron chi connectivity index (χ1n) is 10.5. The lowest BCUT2D eigenvalue weighted by atomic mass is 10.2. The van der Waals surface area contributed by atoms with Gasteiger partial charge in [0.05, 0.1) is 12.8 Å². The number of aryl methyl sites for hydroxylation is 1. The Bertz CT molecular complexity index is 789. The molecule has 1 fully saturated rings. The van der Waals surface area contributed by atoms with E-state index in [1.54, 1.807) is 7.11 Å². The van der Waals surface area contributed by atoms with E-state index in [1.165, 1.54) is 0 Å². The number of aliphatic hydroxyl groups is 1. The predicted molar refractivity (Wildman–Crippen MR) is 117 cm³/mol. The molecule has 0 aliphatic carbocycles. The summed E-state index contributed by atoms with van der Waals surface area (Å²) in [5.41, 5.74) is 3.20. The number of hydrogen-bond acceptors (Lipinski definition) is 7. The molecule has 1 aliphatic heterocycles. The third kappa shape index (κ3) is 6.70. The van der Waals surface area contributed by atoms with E-state index in [9.17, 15) is 5.11 Å². The molecule has 8 heteroatoms. The first-order chi connectivity index (χ1) is 14.4. The molecule has 1 atom stereocenters. The van der Waals surface area contributed by atoms with Crippen LogP contribution in [0, 0.1) is 6.92 Å². The lowest BCUT2D eigenvalue weighted by molar-refractivity contribution is 0.0497. The van der Waals surface area contributed by atoms with Crippen LogP contribution in [0.4, 0.5) is 0 Å². The van der Waals surface area contributed by atoms with E-state index >= 15 is 0 Å². The van der Waals surface area contributed by atoms with Gasteiger partial charge in [0.25, 0.3) is 0 Å². The van der Waals surface area contributed by atoms with Crippen molar-refractivity contribution in [3.8, 4) is 11.5 Å². The molecule has 30 heavy (non-hydrogen) atoms. The maximum absolute atomic E-state index is 10.4. The molecule has 166 valence electrons. The number of aliphatic hydroxyl groups excluding tert-OH is 1. The molecule has 2 aromatic rings. The Morgan fingerprint density at radius 2 is 1.93 bits per heavy atom. The van der Waals surface area contributed by atoms with E-state index < -0.39 is 6.10 Å². The van der Waals surface area contributed by atoms with Crippen LogP contribution in [0.1, 0.15) is 17.0 Å². The lowest BCUT2D eigenvalue weighted by Gasteiger charge is -2.33. The second kappa shape index (κ2) is 10.8. The second-order valence-corrected chi connectivity index (χ2v) is 8.27. The van der Waals surface area contributed by atoms with Gasteiger partial charge in [0.2, 0.25) is 0 Å². The van der Waals surface area contributed by atoms with Gasteiger partial charge in [-0.3, -0.25) is 14.9 Å². The molecular weight excluding hydrogens is 382 g/mol. The van der Waals surface area contributed by atoms with Crippen LogP contribution in [-0.2, 0) is 13.1 Å². The van der Waals surface area contributed by atoms with Gasteiger partial charge in [0.1, 0.15) is 12.7 Å². The number of hydrogen-bond donors (Lipinski definition) is 2. The number of aromatic nitrogens is 2. The first-order valence-corrected chi connectivity index (χ1v) is 10.5. The summed E-state index contributed by atoms with van der Waals surface area (Å²) in [4.78, 5) is 6.79. The number of nitrogens with one attached hydrogen (secondary N) is 1. The number of benzene rings is 1. The monoisotopic (exact) mass is 417 g/mol. The summed E-state index contributed by atoms with van der Waals surface area (Å²) in [5.74, 6) is 1.34. The van der Waals surface area contributed by atoms with Crippen molar-refractivity contribution in [2.75, 3.05) is 60.5 Å². The fraction of sp³-hybridized carbons (Fsp3) is 0.591. The molecule has 1 aromatic carbocycles. The van der Waals surface area contributed by atoms with Crippen LogP contribution < -0.4 is 9.47 Å². The molecule has 0 spiro atoms. The van der Waals surface area contributed by atoms with Gasteiger partial charge in [0, 0.05) is 51.5 Å². The summed E-state index contributed by atoms with van der Waals surface area (Å²) in [7, 11) is 5.83. The van der Waals surface area contributed by atoms with Crippen molar-refractivity contribution >= 4 is 0 Å². The number of aromatic amines is 1. The Balaban J connectivity index is 1.53. The van der Waals surface area contributed by atoms with Gasteiger partial charge in [-0.05, 0) is 44.8 Å². The van der Waals surface area contributed by atoms with E-state index in [1.807, 2.05) is 25.1 Å². The Morgan fingerprint density at radius 3 is 2.60 bits per heavy atom. The van der Waals surface area contributed by atoms with Gasteiger partial charge in [0.15, 0.2) is 11.5 Å². The highest BCUT2D eigenvalue weighted by Gasteiger charge is 2.18. The first kappa shape index (κ1) is 22.6. The van der Waals surface area contributed by atoms with Gasteiger partial charge in [-0.15, -0.1) is 0 Å². The number of β-amino-alcohol motifs (C(OH)–C–C–N with tert-alkyl or cyclic N) is 1. The fourth-order valence-electron chi connectivity index (χ4n) is 3.70. The summed E-state index contributed by atoms with van der Waals surface area (Å²) in [6, 6.07) is 8.01. The van der Waals surface area contributed by atoms with Crippen LogP contribution in [0.15, 0.2) is 24.3 Å². The number of piperazine rings is 1. The van der Waals surface area contributed by atoms with E-state index in [4.69, 9.17) is 9.47 Å². The van der Waals surface area contributed by atoms with Crippen molar-refractivity contribution in [2.24, 2.45) is 0 Å². The number of ether oxygens (including phenoxy) is 2. The van der Waals surface area contributed by atoms with Gasteiger partial charge >= 0.3 is 0 Å². The quantitative estimate of drug-likeness (QED) is 0.604. The highest BCUT2D eigenvalue weighted by Crippen LogP contribution is 2.29. The normalized spacial score (nSPS) is 16.7. The third-order valence-electron chi connectivity index (χ3n) is 5.37. The SMILES string of the molecule is COc1ccc(CN(C)Cc2cc(C)[nH]n2)cc1OC[C@@H](O)CN1CCN(C)CC1. The summed E-state index contributed by atoms with van der Waals surface area (Å²) < 4.78 is 11.4. The number of methoxy groups -OCH3 is 1. The number of rotatable bonds is 10. The van der Waals surface area contributed by atoms with Crippen molar-refractivity contribution < 1.29 is 14.6 Å². The molecule has 1 aromatic heterocycles. The summed E-state index contributed by atoms with van der Waals surface area (Å²) in [6.45, 7) is 8.43. The summed E-state index contributed by atoms with van der Waals surface area (Å²) in [5, 5.41) is 17.7. The second-order valence-electron chi connectivity index (χ2n) is 8.27. The van der Waals surface area contributed by atoms with Crippen LogP contribution in [0.5, 0.6) is 11.5 Å². The molecule has 2 N–H and O–H groups in total. The predicted octanol–water partition coefficient (Wildman–Crippen LogP) is 1.35. The molecule has 1 saturated heterocycles. The average Bonchev–Trinajstić information content (AvgIpc) is 3.12. The van der Waals surface area contributed by atoms with Crippen LogP contribution in [0.3, 0.4) is 0 Å². The van der Waals surface area contributed by atoms with Crippen molar-refractivity contribution in [2.45, 2.75) is 26.1 Å². The minimum atomic E-state index is -0.535. The molecule has 0 amide bonds. The zero-order chi connectivity index (χ0) is 21.5. The van der Waals surface area contributed by atoms with Gasteiger partial charge in [-0.25, -0.2) is 0 Å². The highest BCUT2D eigenvalue weighted by atomic mass is 16.5. The van der Waals surface area contributed by atoms with Gasteiger partial charge in [-0.2, -0.15) is 5.10 Å². The Labute approximate surface area is 179 Å². The average molecular weight is 418 g/mol. The van der Waals surface area contributed by atoms with Gasteiger partial charge in [-0.1, -0.05) is 6.07 Å². The maximum atomic E-state index is 10.4. The molecule has 8 nitrogen and oxygen atoms in total. The minimum Gasteiger partial charge on any atom is -0.493 e. The van der Waals surface area contributed by atoms with E-state index in [0.717, 1.165) is 56.2 Å². The Morgan fingerprint density at radius 1 is 1.17 bits per heavy atom. The van der Waals surface area contributed by atoms with Crippen LogP contribution in [-0.4, -0.2) is 96.6 Å². The molecule has 0 bridgehead atoms. The largest absolute Gasteiger partial charge is 0.493 e. The Kier molecular flexibility index (Phi) is 8.09. The maximum Gasteiger partial charge on any atom is 0.161 e. The molecule has 0 saturated carbocycles. The standard InChI is InChI=1S/C22H35N5O3/c1-17-11-19(24-23-17)14-26(3)13-18-5-6-21(29-4)22(12-18)30-16-20(28)15-27-9-7-25(2)8-10-27/h5-6,11-12,20,28H,7-10,13-16H2,1-4H3,(H,23,24)/t20-/m0/s1. The van der Waals surface area contributed by atoms with Crippen LogP contribution in [0.2, 0.25) is 0 Å². The highest BCUT2D eigenvalue weighted by molar-refractivity contribution is 5.43. The van der Waals surface area contributed by atoms with Gasteiger partial charge < -0.3 is 19.5 Å². The molecule has 2 heterocycles. The summed E-state index contributed by atoms with van der Waals surface area (Å²) in [6.07, 6.45) is -0.535. The number of likely N-dealkylation sites (N-methyl/N-ethyl adjacent to an activating group) is 1. The summed E-state index contributed by atoms with van der Waals surface area (Å²) >= 11 is 0. The molecule has 0 unspecified atom stereocenters. The topological polar surface area (TPSA) is 77.1 Å². The number of nitrogens with zero attached hydrogens (tertiary/aromatic N) is 4. The van der Waals surface area contributed by atoms with E-state index in [-0.39, 0.29) is 6.61 Å². The van der Waals surface area contributed by atoms with Crippen molar-refractivity contribution in [1.82, 2.24) is 24.9 Å². The van der Waals surface area contributed by atoms with Crippen LogP contribution >= 0.6 is 0 Å². The lowest BCUT2D eigenvalue weighted by Crippen LogP contribution is -2.47. The molecular formula is C22H35N5O3. The zero-order valence-corrected chi connectivity index (χ0v) is 18.6. The fourth-order valence-corrected chi connectivity index (χ4v) is 3.70. The molecule has 3 rings (SSSR count). The van der Waals surface area contributed by atoms with Crippen molar-refractivity contribution in [3.63, 3.8) is 0 Å². The van der Waals surface area contributed by atoms with E-state index in [0.29, 0.717) is 18.0 Å². The Hall–Kier alpha value is -2.13. The number of H-pyrrole nitrogens is 1. The van der Waals surface area contributed by atoms with Crippen molar-refractivity contribution in [3.05, 3.63) is 41.2 Å². The smallest absolute Gasteiger partial charge is 0.161 e. The zero-order valence-electron chi connectivity index (χ0n) is 18.6. The van der Waals surface area contributed by atoms with Crippen LogP contribution in [0.25, 0.3) is 0 Å². The van der Waals surface area contributed by atoms with E-state index in [2.05, 4.69) is 45.1 Å². The van der Waals surface area contributed by atoms with Crippen molar-refractivity contribution in [1.29, 1.82) is 0 Å². The third-order valence-corrected chi connectivity index (χ3v) is 5.37.